The molecule has 0 aromatic heterocycles. The van der Waals surface area contributed by atoms with Crippen molar-refractivity contribution in [1.82, 2.24) is 4.90 Å². The van der Waals surface area contributed by atoms with Gasteiger partial charge in [-0.3, -0.25) is 9.59 Å². The van der Waals surface area contributed by atoms with Gasteiger partial charge in [0.25, 0.3) is 0 Å². The van der Waals surface area contributed by atoms with Crippen molar-refractivity contribution < 1.29 is 9.59 Å². The number of carbonyl (C=O) groups is 2. The number of ketones is 2. The highest BCUT2D eigenvalue weighted by Crippen LogP contribution is 2.39. The molecule has 6 heteroatoms. The summed E-state index contributed by atoms with van der Waals surface area (Å²) >= 11 is 0. The third-order valence-electron chi connectivity index (χ3n) is 5.66. The van der Waals surface area contributed by atoms with Gasteiger partial charge in [-0.2, -0.15) is 0 Å². The summed E-state index contributed by atoms with van der Waals surface area (Å²) in [4.78, 5) is 28.9. The van der Waals surface area contributed by atoms with Gasteiger partial charge in [-0.15, -0.1) is 0 Å². The lowest BCUT2D eigenvalue weighted by molar-refractivity contribution is 0.0980. The molecule has 3 aromatic rings. The Balaban J connectivity index is 1.73. The molecule has 32 heavy (non-hydrogen) atoms. The van der Waals surface area contributed by atoms with Gasteiger partial charge in [0.2, 0.25) is 0 Å². The molecule has 0 fully saturated rings. The van der Waals surface area contributed by atoms with Gasteiger partial charge in [-0.05, 0) is 38.7 Å². The molecule has 0 saturated heterocycles. The molecule has 4 N–H and O–H groups in total. The second-order valence-electron chi connectivity index (χ2n) is 8.26. The van der Waals surface area contributed by atoms with Crippen molar-refractivity contribution in [2.75, 3.05) is 43.6 Å². The molecule has 0 amide bonds. The Morgan fingerprint density at radius 1 is 0.812 bits per heavy atom. The summed E-state index contributed by atoms with van der Waals surface area (Å²) in [6.45, 7) is 2.15. The molecular formula is C26H28N4O2. The summed E-state index contributed by atoms with van der Waals surface area (Å²) in [6, 6.07) is 18.7. The molecule has 0 bridgehead atoms. The number of benzene rings is 3. The van der Waals surface area contributed by atoms with Crippen molar-refractivity contribution in [1.29, 1.82) is 0 Å². The Morgan fingerprint density at radius 2 is 1.44 bits per heavy atom. The van der Waals surface area contributed by atoms with E-state index in [0.717, 1.165) is 18.5 Å². The van der Waals surface area contributed by atoms with Crippen LogP contribution in [0.3, 0.4) is 0 Å². The van der Waals surface area contributed by atoms with E-state index in [1.54, 1.807) is 24.3 Å². The molecule has 0 aliphatic heterocycles. The van der Waals surface area contributed by atoms with Crippen LogP contribution < -0.4 is 16.4 Å². The van der Waals surface area contributed by atoms with Crippen LogP contribution in [-0.2, 0) is 6.54 Å². The van der Waals surface area contributed by atoms with E-state index in [2.05, 4.69) is 15.5 Å². The fourth-order valence-electron chi connectivity index (χ4n) is 4.02. The van der Waals surface area contributed by atoms with Crippen molar-refractivity contribution in [3.63, 3.8) is 0 Å². The lowest BCUT2D eigenvalue weighted by Gasteiger charge is -2.25. The van der Waals surface area contributed by atoms with Gasteiger partial charge >= 0.3 is 0 Å². The second kappa shape index (κ2) is 9.24. The van der Waals surface area contributed by atoms with Gasteiger partial charge in [0.15, 0.2) is 11.6 Å². The number of nitrogen functional groups attached to an aromatic ring is 1. The van der Waals surface area contributed by atoms with E-state index in [4.69, 9.17) is 5.73 Å². The minimum Gasteiger partial charge on any atom is -0.396 e. The fraction of sp³-hybridized carbons (Fsp3) is 0.231. The number of rotatable bonds is 8. The van der Waals surface area contributed by atoms with E-state index in [1.807, 2.05) is 50.5 Å². The number of nitrogens with zero attached hydrogens (tertiary/aromatic N) is 1. The smallest absolute Gasteiger partial charge is 0.196 e. The van der Waals surface area contributed by atoms with Crippen LogP contribution in [0.2, 0.25) is 0 Å². The van der Waals surface area contributed by atoms with Gasteiger partial charge in [0.05, 0.1) is 22.5 Å². The van der Waals surface area contributed by atoms with Gasteiger partial charge in [0.1, 0.15) is 0 Å². The Hall–Kier alpha value is -3.64. The average molecular weight is 429 g/mol. The molecule has 164 valence electrons. The van der Waals surface area contributed by atoms with E-state index >= 15 is 0 Å². The number of hydrogen-bond donors (Lipinski definition) is 3. The molecule has 4 rings (SSSR count). The van der Waals surface area contributed by atoms with Crippen LogP contribution in [0, 0.1) is 0 Å². The molecular weight excluding hydrogens is 400 g/mol. The molecule has 0 atom stereocenters. The summed E-state index contributed by atoms with van der Waals surface area (Å²) in [7, 11) is 4.05. The maximum Gasteiger partial charge on any atom is 0.196 e. The molecule has 0 unspecified atom stereocenters. The van der Waals surface area contributed by atoms with Crippen LogP contribution >= 0.6 is 0 Å². The van der Waals surface area contributed by atoms with Gasteiger partial charge in [-0.1, -0.05) is 54.6 Å². The number of nitrogens with one attached hydrogen (secondary N) is 2. The van der Waals surface area contributed by atoms with Crippen LogP contribution in [0.5, 0.6) is 0 Å². The normalized spacial score (nSPS) is 12.5. The summed E-state index contributed by atoms with van der Waals surface area (Å²) in [5, 5.41) is 6.73. The van der Waals surface area contributed by atoms with Crippen molar-refractivity contribution in [2.24, 2.45) is 0 Å². The highest BCUT2D eigenvalue weighted by molar-refractivity contribution is 6.32. The van der Waals surface area contributed by atoms with E-state index < -0.39 is 0 Å². The molecule has 0 radical (unpaired) electrons. The molecule has 0 spiro atoms. The summed E-state index contributed by atoms with van der Waals surface area (Å²) in [5.41, 5.74) is 10.6. The third kappa shape index (κ3) is 4.22. The predicted octanol–water partition coefficient (Wildman–Crippen LogP) is 4.02. The first-order valence-corrected chi connectivity index (χ1v) is 10.8. The molecule has 1 aliphatic carbocycles. The Bertz CT molecular complexity index is 1160. The van der Waals surface area contributed by atoms with Crippen LogP contribution in [0.25, 0.3) is 0 Å². The number of fused-ring (bicyclic) bond motifs is 2. The summed E-state index contributed by atoms with van der Waals surface area (Å²) in [6.07, 6.45) is 0.900. The first-order valence-electron chi connectivity index (χ1n) is 10.8. The minimum atomic E-state index is -0.215. The highest BCUT2D eigenvalue weighted by Gasteiger charge is 2.34. The number of carbonyl (C=O) groups excluding carboxylic acids is 2. The van der Waals surface area contributed by atoms with Gasteiger partial charge in [-0.25, -0.2) is 0 Å². The third-order valence-corrected chi connectivity index (χ3v) is 5.66. The van der Waals surface area contributed by atoms with E-state index in [0.29, 0.717) is 46.8 Å². The summed E-state index contributed by atoms with van der Waals surface area (Å²) in [5.74, 6) is -0.390. The fourth-order valence-corrected chi connectivity index (χ4v) is 4.02. The van der Waals surface area contributed by atoms with E-state index in [9.17, 15) is 9.59 Å². The lowest BCUT2D eigenvalue weighted by atomic mass is 9.82. The van der Waals surface area contributed by atoms with Crippen molar-refractivity contribution in [3.8, 4) is 0 Å². The topological polar surface area (TPSA) is 87.5 Å². The van der Waals surface area contributed by atoms with Crippen LogP contribution in [-0.4, -0.2) is 43.7 Å². The predicted molar refractivity (Wildman–Crippen MR) is 130 cm³/mol. The quantitative estimate of drug-likeness (QED) is 0.290. The Kier molecular flexibility index (Phi) is 6.23. The zero-order chi connectivity index (χ0) is 22.7. The largest absolute Gasteiger partial charge is 0.396 e. The highest BCUT2D eigenvalue weighted by atomic mass is 16.1. The molecule has 0 saturated carbocycles. The van der Waals surface area contributed by atoms with Crippen molar-refractivity contribution in [3.05, 3.63) is 88.5 Å². The van der Waals surface area contributed by atoms with Crippen LogP contribution in [0.4, 0.5) is 17.1 Å². The van der Waals surface area contributed by atoms with E-state index in [-0.39, 0.29) is 17.1 Å². The maximum atomic E-state index is 13.4. The molecule has 3 aromatic carbocycles. The monoisotopic (exact) mass is 428 g/mol. The first-order chi connectivity index (χ1) is 15.5. The molecule has 6 nitrogen and oxygen atoms in total. The average Bonchev–Trinajstić information content (AvgIpc) is 2.80. The van der Waals surface area contributed by atoms with Crippen molar-refractivity contribution >= 4 is 28.6 Å². The molecule has 0 heterocycles. The Morgan fingerprint density at radius 3 is 2.09 bits per heavy atom. The number of anilines is 3. The minimum absolute atomic E-state index is 0.174. The zero-order valence-corrected chi connectivity index (χ0v) is 18.4. The maximum absolute atomic E-state index is 13.4. The Labute approximate surface area is 188 Å². The molecule has 1 aliphatic rings. The number of nitrogens with two attached hydrogens (primary N) is 1. The standard InChI is InChI=1S/C26H28N4O2/c1-30(2)14-8-13-28-20-15-21(29-16-17-9-4-3-5-10-17)24(27)23-22(20)25(31)18-11-6-7-12-19(18)26(23)32/h3-7,9-12,15,28-29H,8,13-14,16,27H2,1-2H3. The first kappa shape index (κ1) is 21.6. The summed E-state index contributed by atoms with van der Waals surface area (Å²) < 4.78 is 0. The number of hydrogen-bond acceptors (Lipinski definition) is 6. The van der Waals surface area contributed by atoms with E-state index in [1.165, 1.54) is 0 Å². The second-order valence-corrected chi connectivity index (χ2v) is 8.26. The lowest BCUT2D eigenvalue weighted by Crippen LogP contribution is -2.25. The van der Waals surface area contributed by atoms with Gasteiger partial charge in [0, 0.05) is 29.9 Å². The van der Waals surface area contributed by atoms with Crippen LogP contribution in [0.15, 0.2) is 60.7 Å². The van der Waals surface area contributed by atoms with Gasteiger partial charge < -0.3 is 21.3 Å². The zero-order valence-electron chi connectivity index (χ0n) is 18.4. The van der Waals surface area contributed by atoms with Crippen LogP contribution in [0.1, 0.15) is 43.8 Å². The SMILES string of the molecule is CN(C)CCCNc1cc(NCc2ccccc2)c(N)c2c1C(=O)c1ccccc1C2=O. The van der Waals surface area contributed by atoms with Crippen molar-refractivity contribution in [2.45, 2.75) is 13.0 Å².